The smallest absolute Gasteiger partial charge is 0.253 e. The van der Waals surface area contributed by atoms with Gasteiger partial charge in [0.25, 0.3) is 5.89 Å². The molecule has 0 radical (unpaired) electrons. The third-order valence-corrected chi connectivity index (χ3v) is 5.66. The minimum atomic E-state index is 0.454. The lowest BCUT2D eigenvalue weighted by Crippen LogP contribution is -2.45. The van der Waals surface area contributed by atoms with Crippen molar-refractivity contribution in [2.75, 3.05) is 26.2 Å². The fourth-order valence-corrected chi connectivity index (χ4v) is 3.97. The number of aromatic nitrogens is 3. The van der Waals surface area contributed by atoms with Crippen LogP contribution in [0, 0.1) is 6.92 Å². The summed E-state index contributed by atoms with van der Waals surface area (Å²) >= 11 is 0. The van der Waals surface area contributed by atoms with Crippen molar-refractivity contribution in [2.45, 2.75) is 20.0 Å². The Morgan fingerprint density at radius 3 is 2.16 bits per heavy atom. The number of aryl methyl sites for hydroxylation is 1. The highest BCUT2D eigenvalue weighted by Crippen LogP contribution is 2.33. The van der Waals surface area contributed by atoms with Crippen LogP contribution in [0.4, 0.5) is 0 Å². The molecular weight excluding hydrogens is 390 g/mol. The summed E-state index contributed by atoms with van der Waals surface area (Å²) in [5.41, 5.74) is 3.81. The first-order valence-electron chi connectivity index (χ1n) is 10.6. The van der Waals surface area contributed by atoms with Crippen molar-refractivity contribution in [2.24, 2.45) is 0 Å². The van der Waals surface area contributed by atoms with Gasteiger partial charge in [0.05, 0.1) is 6.54 Å². The molecule has 2 aromatic carbocycles. The predicted molar refractivity (Wildman–Crippen MR) is 117 cm³/mol. The van der Waals surface area contributed by atoms with Crippen LogP contribution < -0.4 is 0 Å². The minimum Gasteiger partial charge on any atom is -0.419 e. The Hall–Kier alpha value is -3.29. The first-order chi connectivity index (χ1) is 15.3. The summed E-state index contributed by atoms with van der Waals surface area (Å²) in [5.74, 6) is 1.74. The minimum absolute atomic E-state index is 0.454. The van der Waals surface area contributed by atoms with Gasteiger partial charge in [0.1, 0.15) is 17.0 Å². The van der Waals surface area contributed by atoms with E-state index in [2.05, 4.69) is 55.5 Å². The second-order valence-corrected chi connectivity index (χ2v) is 7.87. The highest BCUT2D eigenvalue weighted by Gasteiger charge is 2.23. The largest absolute Gasteiger partial charge is 0.419 e. The molecule has 5 rings (SSSR count). The van der Waals surface area contributed by atoms with Gasteiger partial charge in [-0.25, -0.2) is 0 Å². The van der Waals surface area contributed by atoms with Gasteiger partial charge in [-0.05, 0) is 12.5 Å². The molecular formula is C24H25N5O2. The Morgan fingerprint density at radius 1 is 0.806 bits per heavy atom. The van der Waals surface area contributed by atoms with Crippen LogP contribution >= 0.6 is 0 Å². The van der Waals surface area contributed by atoms with Gasteiger partial charge in [-0.15, -0.1) is 10.2 Å². The van der Waals surface area contributed by atoms with Crippen LogP contribution in [0.15, 0.2) is 69.6 Å². The average molecular weight is 415 g/mol. The molecule has 4 aromatic rings. The number of benzene rings is 2. The Balaban J connectivity index is 1.23. The van der Waals surface area contributed by atoms with E-state index in [9.17, 15) is 0 Å². The highest BCUT2D eigenvalue weighted by molar-refractivity contribution is 5.77. The van der Waals surface area contributed by atoms with E-state index in [4.69, 9.17) is 8.94 Å². The van der Waals surface area contributed by atoms with Gasteiger partial charge in [-0.2, -0.15) is 0 Å². The van der Waals surface area contributed by atoms with E-state index < -0.39 is 0 Å². The summed E-state index contributed by atoms with van der Waals surface area (Å²) in [7, 11) is 0. The molecule has 0 bridgehead atoms. The second-order valence-electron chi connectivity index (χ2n) is 7.87. The summed E-state index contributed by atoms with van der Waals surface area (Å²) < 4.78 is 11.4. The molecule has 7 nitrogen and oxygen atoms in total. The molecule has 2 aromatic heterocycles. The van der Waals surface area contributed by atoms with Crippen molar-refractivity contribution in [1.29, 1.82) is 0 Å². The summed E-state index contributed by atoms with van der Waals surface area (Å²) in [4.78, 5) is 4.84. The van der Waals surface area contributed by atoms with E-state index in [-0.39, 0.29) is 0 Å². The normalized spacial score (nSPS) is 15.4. The molecule has 0 atom stereocenters. The van der Waals surface area contributed by atoms with Crippen molar-refractivity contribution in [3.05, 3.63) is 77.9 Å². The third kappa shape index (κ3) is 4.42. The summed E-state index contributed by atoms with van der Waals surface area (Å²) in [6.45, 7) is 7.52. The number of rotatable bonds is 6. The molecule has 1 fully saturated rings. The quantitative estimate of drug-likeness (QED) is 0.471. The zero-order chi connectivity index (χ0) is 21.0. The van der Waals surface area contributed by atoms with Gasteiger partial charge in [-0.1, -0.05) is 65.8 Å². The molecule has 7 heteroatoms. The molecule has 0 spiro atoms. The molecule has 0 N–H and O–H groups in total. The molecule has 0 aliphatic carbocycles. The summed E-state index contributed by atoms with van der Waals surface area (Å²) in [5, 5.41) is 12.8. The molecule has 158 valence electrons. The first kappa shape index (κ1) is 19.7. The van der Waals surface area contributed by atoms with Crippen LogP contribution in [-0.4, -0.2) is 51.3 Å². The SMILES string of the molecule is Cc1onc(-c2ccccc2)c1-c1nnc(CN2CCN(Cc3ccccc3)CC2)o1. The Labute approximate surface area is 181 Å². The van der Waals surface area contributed by atoms with Crippen molar-refractivity contribution < 1.29 is 8.94 Å². The molecule has 1 aliphatic heterocycles. The molecule has 0 amide bonds. The maximum atomic E-state index is 6.02. The fraction of sp³-hybridized carbons (Fsp3) is 0.292. The van der Waals surface area contributed by atoms with Gasteiger partial charge < -0.3 is 8.94 Å². The van der Waals surface area contributed by atoms with E-state index in [1.54, 1.807) is 0 Å². The van der Waals surface area contributed by atoms with Gasteiger partial charge >= 0.3 is 0 Å². The zero-order valence-corrected chi connectivity index (χ0v) is 17.6. The van der Waals surface area contributed by atoms with E-state index >= 15 is 0 Å². The maximum Gasteiger partial charge on any atom is 0.253 e. The summed E-state index contributed by atoms with van der Waals surface area (Å²) in [6.07, 6.45) is 0. The van der Waals surface area contributed by atoms with Crippen LogP contribution in [0.5, 0.6) is 0 Å². The maximum absolute atomic E-state index is 6.02. The van der Waals surface area contributed by atoms with Crippen molar-refractivity contribution >= 4 is 0 Å². The van der Waals surface area contributed by atoms with Crippen LogP contribution in [0.1, 0.15) is 17.2 Å². The predicted octanol–water partition coefficient (Wildman–Crippen LogP) is 4.02. The Morgan fingerprint density at radius 2 is 1.45 bits per heavy atom. The van der Waals surface area contributed by atoms with E-state index in [1.807, 2.05) is 37.3 Å². The average Bonchev–Trinajstić information content (AvgIpc) is 3.42. The topological polar surface area (TPSA) is 71.4 Å². The first-order valence-corrected chi connectivity index (χ1v) is 10.6. The third-order valence-electron chi connectivity index (χ3n) is 5.66. The lowest BCUT2D eigenvalue weighted by atomic mass is 10.1. The molecule has 0 saturated carbocycles. The van der Waals surface area contributed by atoms with E-state index in [1.165, 1.54) is 5.56 Å². The van der Waals surface area contributed by atoms with E-state index in [0.717, 1.165) is 49.5 Å². The van der Waals surface area contributed by atoms with Crippen LogP contribution in [0.3, 0.4) is 0 Å². The number of hydrogen-bond donors (Lipinski definition) is 0. The number of piperazine rings is 1. The Bertz CT molecular complexity index is 1120. The molecule has 3 heterocycles. The highest BCUT2D eigenvalue weighted by atomic mass is 16.5. The van der Waals surface area contributed by atoms with Gasteiger partial charge in [0, 0.05) is 38.3 Å². The van der Waals surface area contributed by atoms with Gasteiger partial charge in [0.15, 0.2) is 0 Å². The van der Waals surface area contributed by atoms with Crippen molar-refractivity contribution in [1.82, 2.24) is 25.2 Å². The van der Waals surface area contributed by atoms with Crippen molar-refractivity contribution in [3.63, 3.8) is 0 Å². The lowest BCUT2D eigenvalue weighted by molar-refractivity contribution is 0.114. The molecule has 1 aliphatic rings. The Kier molecular flexibility index (Phi) is 5.60. The summed E-state index contributed by atoms with van der Waals surface area (Å²) in [6, 6.07) is 20.5. The van der Waals surface area contributed by atoms with Crippen molar-refractivity contribution in [3.8, 4) is 22.7 Å². The van der Waals surface area contributed by atoms with Crippen LogP contribution in [0.25, 0.3) is 22.7 Å². The van der Waals surface area contributed by atoms with Gasteiger partial charge in [-0.3, -0.25) is 9.80 Å². The fourth-order valence-electron chi connectivity index (χ4n) is 3.97. The van der Waals surface area contributed by atoms with Crippen LogP contribution in [0.2, 0.25) is 0 Å². The molecule has 1 saturated heterocycles. The number of nitrogens with zero attached hydrogens (tertiary/aromatic N) is 5. The standard InChI is InChI=1S/C24H25N5O2/c1-18-22(23(27-31-18)20-10-6-3-7-11-20)24-26-25-21(30-24)17-29-14-12-28(13-15-29)16-19-8-4-2-5-9-19/h2-11H,12-17H2,1H3. The zero-order valence-electron chi connectivity index (χ0n) is 17.6. The van der Waals surface area contributed by atoms with E-state index in [0.29, 0.717) is 24.1 Å². The number of hydrogen-bond acceptors (Lipinski definition) is 7. The monoisotopic (exact) mass is 415 g/mol. The van der Waals surface area contributed by atoms with Gasteiger partial charge in [0.2, 0.25) is 5.89 Å². The van der Waals surface area contributed by atoms with Crippen LogP contribution in [-0.2, 0) is 13.1 Å². The second kappa shape index (κ2) is 8.83. The molecule has 0 unspecified atom stereocenters. The molecule has 31 heavy (non-hydrogen) atoms. The lowest BCUT2D eigenvalue weighted by Gasteiger charge is -2.33.